The first-order valence-corrected chi connectivity index (χ1v) is 4.36. The highest BCUT2D eigenvalue weighted by atomic mass is 16.5. The van der Waals surface area contributed by atoms with E-state index in [2.05, 4.69) is 0 Å². The molecule has 0 saturated heterocycles. The standard InChI is InChI=1S/C10H15NO3/c1-6(11)8-3-7(5-12)4-9(14-2)10(8)13/h3-4,6,12-13H,5,11H2,1-2H3/t6-/m0/s1. The molecule has 78 valence electrons. The summed E-state index contributed by atoms with van der Waals surface area (Å²) in [5.41, 5.74) is 6.91. The molecule has 4 heteroatoms. The van der Waals surface area contributed by atoms with Crippen molar-refractivity contribution in [3.05, 3.63) is 23.3 Å². The third kappa shape index (κ3) is 1.97. The summed E-state index contributed by atoms with van der Waals surface area (Å²) in [7, 11) is 1.46. The van der Waals surface area contributed by atoms with Gasteiger partial charge in [0, 0.05) is 11.6 Å². The maximum absolute atomic E-state index is 9.69. The van der Waals surface area contributed by atoms with Crippen LogP contribution in [0.5, 0.6) is 11.5 Å². The molecule has 0 radical (unpaired) electrons. The number of aliphatic hydroxyl groups is 1. The van der Waals surface area contributed by atoms with Crippen molar-refractivity contribution in [3.8, 4) is 11.5 Å². The number of hydrogen-bond donors (Lipinski definition) is 3. The van der Waals surface area contributed by atoms with Gasteiger partial charge in [-0.2, -0.15) is 0 Å². The van der Waals surface area contributed by atoms with Crippen LogP contribution >= 0.6 is 0 Å². The summed E-state index contributed by atoms with van der Waals surface area (Å²) < 4.78 is 4.96. The van der Waals surface area contributed by atoms with E-state index < -0.39 is 0 Å². The topological polar surface area (TPSA) is 75.7 Å². The zero-order chi connectivity index (χ0) is 10.7. The Hall–Kier alpha value is -1.26. The molecule has 1 rings (SSSR count). The maximum atomic E-state index is 9.69. The summed E-state index contributed by atoms with van der Waals surface area (Å²) in [6, 6.07) is 2.96. The third-order valence-corrected chi connectivity index (χ3v) is 2.06. The number of ether oxygens (including phenoxy) is 1. The Labute approximate surface area is 82.9 Å². The fourth-order valence-electron chi connectivity index (χ4n) is 1.28. The van der Waals surface area contributed by atoms with E-state index in [4.69, 9.17) is 15.6 Å². The molecule has 14 heavy (non-hydrogen) atoms. The average Bonchev–Trinajstić information content (AvgIpc) is 2.17. The Morgan fingerprint density at radius 3 is 2.57 bits per heavy atom. The fraction of sp³-hybridized carbons (Fsp3) is 0.400. The molecule has 0 unspecified atom stereocenters. The van der Waals surface area contributed by atoms with E-state index in [1.165, 1.54) is 7.11 Å². The Morgan fingerprint density at radius 2 is 2.14 bits per heavy atom. The molecule has 0 heterocycles. The second-order valence-electron chi connectivity index (χ2n) is 3.18. The Morgan fingerprint density at radius 1 is 1.50 bits per heavy atom. The average molecular weight is 197 g/mol. The monoisotopic (exact) mass is 197 g/mol. The number of rotatable bonds is 3. The number of phenolic OH excluding ortho intramolecular Hbond substituents is 1. The molecule has 0 aliphatic rings. The lowest BCUT2D eigenvalue weighted by atomic mass is 10.0. The van der Waals surface area contributed by atoms with Crippen molar-refractivity contribution in [1.82, 2.24) is 0 Å². The lowest BCUT2D eigenvalue weighted by Gasteiger charge is -2.13. The van der Waals surface area contributed by atoms with Crippen LogP contribution in [0.1, 0.15) is 24.1 Å². The SMILES string of the molecule is COc1cc(CO)cc([C@H](C)N)c1O. The molecular formula is C10H15NO3. The molecule has 0 aliphatic heterocycles. The van der Waals surface area contributed by atoms with Crippen LogP contribution in [0.15, 0.2) is 12.1 Å². The number of phenols is 1. The molecule has 0 fully saturated rings. The van der Waals surface area contributed by atoms with Crippen LogP contribution in [0.2, 0.25) is 0 Å². The van der Waals surface area contributed by atoms with Crippen molar-refractivity contribution < 1.29 is 14.9 Å². The van der Waals surface area contributed by atoms with Crippen LogP contribution in [-0.2, 0) is 6.61 Å². The molecule has 4 nitrogen and oxygen atoms in total. The molecule has 1 atom stereocenters. The smallest absolute Gasteiger partial charge is 0.162 e. The minimum absolute atomic E-state index is 0.0414. The van der Waals surface area contributed by atoms with Crippen molar-refractivity contribution in [2.24, 2.45) is 5.73 Å². The van der Waals surface area contributed by atoms with Crippen LogP contribution in [0.3, 0.4) is 0 Å². The normalized spacial score (nSPS) is 12.6. The van der Waals surface area contributed by atoms with E-state index in [1.54, 1.807) is 19.1 Å². The van der Waals surface area contributed by atoms with Gasteiger partial charge in [-0.1, -0.05) is 0 Å². The second-order valence-corrected chi connectivity index (χ2v) is 3.18. The molecule has 0 amide bonds. The molecule has 0 bridgehead atoms. The van der Waals surface area contributed by atoms with Gasteiger partial charge in [-0.25, -0.2) is 0 Å². The largest absolute Gasteiger partial charge is 0.504 e. The number of aromatic hydroxyl groups is 1. The minimum atomic E-state index is -0.296. The van der Waals surface area contributed by atoms with Gasteiger partial charge in [0.15, 0.2) is 11.5 Å². The fourth-order valence-corrected chi connectivity index (χ4v) is 1.28. The van der Waals surface area contributed by atoms with Gasteiger partial charge in [0.05, 0.1) is 13.7 Å². The quantitative estimate of drug-likeness (QED) is 0.673. The minimum Gasteiger partial charge on any atom is -0.504 e. The summed E-state index contributed by atoms with van der Waals surface area (Å²) in [5.74, 6) is 0.378. The molecule has 1 aromatic carbocycles. The van der Waals surface area contributed by atoms with Crippen molar-refractivity contribution in [1.29, 1.82) is 0 Å². The van der Waals surface area contributed by atoms with Gasteiger partial charge in [-0.3, -0.25) is 0 Å². The van der Waals surface area contributed by atoms with E-state index in [9.17, 15) is 5.11 Å². The lowest BCUT2D eigenvalue weighted by Crippen LogP contribution is -2.06. The maximum Gasteiger partial charge on any atom is 0.162 e. The molecule has 4 N–H and O–H groups in total. The van der Waals surface area contributed by atoms with Crippen molar-refractivity contribution in [2.45, 2.75) is 19.6 Å². The van der Waals surface area contributed by atoms with E-state index in [1.807, 2.05) is 0 Å². The van der Waals surface area contributed by atoms with E-state index in [0.29, 0.717) is 16.9 Å². The lowest BCUT2D eigenvalue weighted by molar-refractivity contribution is 0.280. The van der Waals surface area contributed by atoms with E-state index >= 15 is 0 Å². The summed E-state index contributed by atoms with van der Waals surface area (Å²) >= 11 is 0. The molecule has 0 aliphatic carbocycles. The number of hydrogen-bond acceptors (Lipinski definition) is 4. The van der Waals surface area contributed by atoms with Gasteiger partial charge >= 0.3 is 0 Å². The van der Waals surface area contributed by atoms with Crippen LogP contribution < -0.4 is 10.5 Å². The molecule has 0 aromatic heterocycles. The Bertz CT molecular complexity index is 323. The summed E-state index contributed by atoms with van der Waals surface area (Å²) in [6.45, 7) is 1.66. The highest BCUT2D eigenvalue weighted by Crippen LogP contribution is 2.34. The van der Waals surface area contributed by atoms with Crippen LogP contribution in [0, 0.1) is 0 Å². The molecule has 0 spiro atoms. The van der Waals surface area contributed by atoms with Crippen molar-refractivity contribution in [2.75, 3.05) is 7.11 Å². The first-order chi connectivity index (χ1) is 6.60. The number of aliphatic hydroxyl groups excluding tert-OH is 1. The number of methoxy groups -OCH3 is 1. The highest BCUT2D eigenvalue weighted by molar-refractivity contribution is 5.49. The van der Waals surface area contributed by atoms with Crippen LogP contribution in [0.4, 0.5) is 0 Å². The highest BCUT2D eigenvalue weighted by Gasteiger charge is 2.12. The first kappa shape index (κ1) is 10.8. The number of nitrogens with two attached hydrogens (primary N) is 1. The summed E-state index contributed by atoms with van der Waals surface area (Å²) in [4.78, 5) is 0. The zero-order valence-electron chi connectivity index (χ0n) is 8.32. The van der Waals surface area contributed by atoms with Crippen molar-refractivity contribution >= 4 is 0 Å². The van der Waals surface area contributed by atoms with Gasteiger partial charge in [0.25, 0.3) is 0 Å². The van der Waals surface area contributed by atoms with Crippen molar-refractivity contribution in [3.63, 3.8) is 0 Å². The summed E-state index contributed by atoms with van der Waals surface area (Å²) in [5, 5.41) is 18.7. The van der Waals surface area contributed by atoms with Gasteiger partial charge < -0.3 is 20.7 Å². The first-order valence-electron chi connectivity index (χ1n) is 4.36. The Balaban J connectivity index is 3.27. The van der Waals surface area contributed by atoms with Gasteiger partial charge in [-0.05, 0) is 24.6 Å². The molecule has 0 saturated carbocycles. The number of benzene rings is 1. The van der Waals surface area contributed by atoms with E-state index in [0.717, 1.165) is 0 Å². The van der Waals surface area contributed by atoms with E-state index in [-0.39, 0.29) is 18.4 Å². The predicted octanol–water partition coefficient (Wildman–Crippen LogP) is 0.913. The van der Waals surface area contributed by atoms with Crippen LogP contribution in [-0.4, -0.2) is 17.3 Å². The Kier molecular flexibility index (Phi) is 3.33. The summed E-state index contributed by atoms with van der Waals surface area (Å²) in [6.07, 6.45) is 0. The van der Waals surface area contributed by atoms with Gasteiger partial charge in [0.2, 0.25) is 0 Å². The van der Waals surface area contributed by atoms with Gasteiger partial charge in [-0.15, -0.1) is 0 Å². The van der Waals surface area contributed by atoms with Gasteiger partial charge in [0.1, 0.15) is 0 Å². The predicted molar refractivity (Wildman–Crippen MR) is 53.2 cm³/mol. The zero-order valence-corrected chi connectivity index (χ0v) is 8.32. The molecular weight excluding hydrogens is 182 g/mol. The third-order valence-electron chi connectivity index (χ3n) is 2.06. The second kappa shape index (κ2) is 4.30. The molecule has 1 aromatic rings. The van der Waals surface area contributed by atoms with Crippen LogP contribution in [0.25, 0.3) is 0 Å².